The number of primary amides is 1. The fraction of sp³-hybridized carbons (Fsp3) is 0.417. The number of nitrogens with two attached hydrogens (primary N) is 1. The summed E-state index contributed by atoms with van der Waals surface area (Å²) >= 11 is 0. The molecule has 2 N–H and O–H groups in total. The summed E-state index contributed by atoms with van der Waals surface area (Å²) in [7, 11) is -3.72. The fourth-order valence-corrected chi connectivity index (χ4v) is 3.15. The molecule has 112 valence electrons. The smallest absolute Gasteiger partial charge is 0.370 e. The van der Waals surface area contributed by atoms with Crippen LogP contribution in [0, 0.1) is 0 Å². The van der Waals surface area contributed by atoms with Gasteiger partial charge in [-0.3, -0.25) is 4.79 Å². The van der Waals surface area contributed by atoms with Gasteiger partial charge in [-0.15, -0.1) is 0 Å². The second kappa shape index (κ2) is 6.25. The van der Waals surface area contributed by atoms with Crippen LogP contribution >= 0.6 is 0 Å². The molecule has 0 aromatic heterocycles. The molecule has 0 fully saturated rings. The number of rotatable bonds is 6. The van der Waals surface area contributed by atoms with Crippen LogP contribution in [0.25, 0.3) is 0 Å². The molecular weight excluding hydrogens is 295 g/mol. The van der Waals surface area contributed by atoms with Gasteiger partial charge in [-0.25, -0.2) is 8.42 Å². The maximum atomic E-state index is 12.7. The van der Waals surface area contributed by atoms with Gasteiger partial charge in [0.05, 0.1) is 17.1 Å². The molecule has 1 aromatic carbocycles. The zero-order valence-corrected chi connectivity index (χ0v) is 11.3. The van der Waals surface area contributed by atoms with Crippen LogP contribution in [0.4, 0.5) is 13.2 Å². The van der Waals surface area contributed by atoms with Gasteiger partial charge in [0.2, 0.25) is 5.91 Å². The summed E-state index contributed by atoms with van der Waals surface area (Å²) in [6.45, 7) is 0. The van der Waals surface area contributed by atoms with Crippen LogP contribution in [0.1, 0.15) is 24.0 Å². The summed E-state index contributed by atoms with van der Waals surface area (Å²) in [6.07, 6.45) is -4.70. The van der Waals surface area contributed by atoms with E-state index < -0.39 is 33.2 Å². The zero-order valence-electron chi connectivity index (χ0n) is 10.5. The van der Waals surface area contributed by atoms with E-state index in [9.17, 15) is 26.4 Å². The number of sulfone groups is 1. The number of halogens is 3. The lowest BCUT2D eigenvalue weighted by atomic mass is 10.1. The van der Waals surface area contributed by atoms with Gasteiger partial charge in [-0.1, -0.05) is 18.2 Å². The molecule has 0 bridgehead atoms. The van der Waals surface area contributed by atoms with Crippen LogP contribution in [-0.4, -0.2) is 20.1 Å². The lowest BCUT2D eigenvalue weighted by Gasteiger charge is -2.12. The molecular formula is C12H14F3NO3S. The van der Waals surface area contributed by atoms with Crippen LogP contribution < -0.4 is 5.73 Å². The Hall–Kier alpha value is -1.57. The van der Waals surface area contributed by atoms with Gasteiger partial charge in [0, 0.05) is 6.42 Å². The van der Waals surface area contributed by atoms with Crippen molar-refractivity contribution in [2.24, 2.45) is 5.73 Å². The van der Waals surface area contributed by atoms with Crippen LogP contribution in [0.3, 0.4) is 0 Å². The minimum Gasteiger partial charge on any atom is -0.370 e. The van der Waals surface area contributed by atoms with Gasteiger partial charge in [0.25, 0.3) is 0 Å². The topological polar surface area (TPSA) is 77.2 Å². The summed E-state index contributed by atoms with van der Waals surface area (Å²) in [5.74, 6) is -1.72. The average Bonchev–Trinajstić information content (AvgIpc) is 2.26. The molecule has 0 heterocycles. The van der Waals surface area contributed by atoms with Crippen molar-refractivity contribution in [3.63, 3.8) is 0 Å². The molecule has 0 unspecified atom stereocenters. The molecule has 8 heteroatoms. The molecule has 1 amide bonds. The molecule has 0 aliphatic rings. The van der Waals surface area contributed by atoms with Crippen LogP contribution in [0.15, 0.2) is 24.3 Å². The normalized spacial score (nSPS) is 12.3. The Morgan fingerprint density at radius 3 is 2.35 bits per heavy atom. The van der Waals surface area contributed by atoms with Crippen LogP contribution in [0.2, 0.25) is 0 Å². The van der Waals surface area contributed by atoms with Gasteiger partial charge in [0.15, 0.2) is 9.84 Å². The molecule has 4 nitrogen and oxygen atoms in total. The van der Waals surface area contributed by atoms with Gasteiger partial charge in [-0.05, 0) is 18.1 Å². The van der Waals surface area contributed by atoms with E-state index in [1.165, 1.54) is 12.1 Å². The Morgan fingerprint density at radius 1 is 1.20 bits per heavy atom. The molecule has 1 aromatic rings. The van der Waals surface area contributed by atoms with E-state index in [1.54, 1.807) is 0 Å². The van der Waals surface area contributed by atoms with E-state index in [2.05, 4.69) is 0 Å². The van der Waals surface area contributed by atoms with Crippen molar-refractivity contribution in [3.8, 4) is 0 Å². The highest BCUT2D eigenvalue weighted by molar-refractivity contribution is 7.90. The number of carbonyl (C=O) groups is 1. The SMILES string of the molecule is NC(=O)CCCS(=O)(=O)Cc1ccccc1C(F)(F)F. The predicted molar refractivity (Wildman–Crippen MR) is 67.4 cm³/mol. The maximum absolute atomic E-state index is 12.7. The Morgan fingerprint density at radius 2 is 1.80 bits per heavy atom. The van der Waals surface area contributed by atoms with Crippen molar-refractivity contribution in [2.45, 2.75) is 24.8 Å². The Labute approximate surface area is 114 Å². The molecule has 0 saturated heterocycles. The second-order valence-electron chi connectivity index (χ2n) is 4.32. The Kier molecular flexibility index (Phi) is 5.15. The summed E-state index contributed by atoms with van der Waals surface area (Å²) in [5.41, 5.74) is 3.62. The molecule has 0 aliphatic carbocycles. The number of alkyl halides is 3. The lowest BCUT2D eigenvalue weighted by Crippen LogP contribution is -2.17. The highest BCUT2D eigenvalue weighted by atomic mass is 32.2. The average molecular weight is 309 g/mol. The van der Waals surface area contributed by atoms with Gasteiger partial charge in [-0.2, -0.15) is 13.2 Å². The summed E-state index contributed by atoms with van der Waals surface area (Å²) in [5, 5.41) is 0. The van der Waals surface area contributed by atoms with Crippen molar-refractivity contribution in [1.82, 2.24) is 0 Å². The third-order valence-corrected chi connectivity index (χ3v) is 4.24. The number of hydrogen-bond donors (Lipinski definition) is 1. The van der Waals surface area contributed by atoms with Gasteiger partial charge < -0.3 is 5.73 Å². The van der Waals surface area contributed by atoms with E-state index in [-0.39, 0.29) is 24.2 Å². The third kappa shape index (κ3) is 5.20. The quantitative estimate of drug-likeness (QED) is 0.871. The minimum atomic E-state index is -4.60. The summed E-state index contributed by atoms with van der Waals surface area (Å²) in [4.78, 5) is 10.5. The second-order valence-corrected chi connectivity index (χ2v) is 6.50. The molecule has 0 spiro atoms. The predicted octanol–water partition coefficient (Wildman–Crippen LogP) is 1.89. The molecule has 0 radical (unpaired) electrons. The molecule has 0 atom stereocenters. The largest absolute Gasteiger partial charge is 0.416 e. The van der Waals surface area contributed by atoms with Crippen molar-refractivity contribution < 1.29 is 26.4 Å². The molecule has 20 heavy (non-hydrogen) atoms. The highest BCUT2D eigenvalue weighted by Gasteiger charge is 2.33. The van der Waals surface area contributed by atoms with Gasteiger partial charge in [0.1, 0.15) is 0 Å². The fourth-order valence-electron chi connectivity index (χ4n) is 1.70. The van der Waals surface area contributed by atoms with E-state index in [0.29, 0.717) is 0 Å². The van der Waals surface area contributed by atoms with E-state index in [0.717, 1.165) is 12.1 Å². The lowest BCUT2D eigenvalue weighted by molar-refractivity contribution is -0.138. The first-order valence-corrected chi connectivity index (χ1v) is 7.58. The zero-order chi connectivity index (χ0) is 15.4. The minimum absolute atomic E-state index is 0.00580. The van der Waals surface area contributed by atoms with Crippen molar-refractivity contribution in [1.29, 1.82) is 0 Å². The van der Waals surface area contributed by atoms with E-state index in [4.69, 9.17) is 5.73 Å². The third-order valence-electron chi connectivity index (χ3n) is 2.58. The van der Waals surface area contributed by atoms with Crippen molar-refractivity contribution in [2.75, 3.05) is 5.75 Å². The number of carbonyl (C=O) groups excluding carboxylic acids is 1. The monoisotopic (exact) mass is 309 g/mol. The summed E-state index contributed by atoms with van der Waals surface area (Å²) < 4.78 is 61.7. The molecule has 0 aliphatic heterocycles. The first-order valence-electron chi connectivity index (χ1n) is 5.75. The maximum Gasteiger partial charge on any atom is 0.416 e. The Bertz CT molecular complexity index is 582. The highest BCUT2D eigenvalue weighted by Crippen LogP contribution is 2.32. The molecule has 0 saturated carbocycles. The van der Waals surface area contributed by atoms with Crippen LogP contribution in [0.5, 0.6) is 0 Å². The number of hydrogen-bond acceptors (Lipinski definition) is 3. The standard InChI is InChI=1S/C12H14F3NO3S/c13-12(14,15)10-5-2-1-4-9(10)8-20(18,19)7-3-6-11(16)17/h1-2,4-5H,3,6-8H2,(H2,16,17). The Balaban J connectivity index is 2.85. The van der Waals surface area contributed by atoms with Crippen molar-refractivity contribution >= 4 is 15.7 Å². The first kappa shape index (κ1) is 16.5. The number of benzene rings is 1. The van der Waals surface area contributed by atoms with E-state index >= 15 is 0 Å². The van der Waals surface area contributed by atoms with Crippen LogP contribution in [-0.2, 0) is 26.6 Å². The first-order chi connectivity index (χ1) is 9.12. The van der Waals surface area contributed by atoms with Crippen molar-refractivity contribution in [3.05, 3.63) is 35.4 Å². The number of amides is 1. The molecule has 1 rings (SSSR count). The van der Waals surface area contributed by atoms with Gasteiger partial charge >= 0.3 is 6.18 Å². The summed E-state index contributed by atoms with van der Waals surface area (Å²) in [6, 6.07) is 4.53. The van der Waals surface area contributed by atoms with E-state index in [1.807, 2.05) is 0 Å².